The highest BCUT2D eigenvalue weighted by Gasteiger charge is 2.20. The van der Waals surface area contributed by atoms with Gasteiger partial charge in [-0.05, 0) is 43.2 Å². The molecule has 1 aliphatic heterocycles. The Hall–Kier alpha value is -3.33. The maximum absolute atomic E-state index is 12.6. The van der Waals surface area contributed by atoms with Crippen molar-refractivity contribution in [3.63, 3.8) is 0 Å². The summed E-state index contributed by atoms with van der Waals surface area (Å²) in [5, 5.41) is 3.19. The zero-order valence-corrected chi connectivity index (χ0v) is 16.6. The second-order valence-corrected chi connectivity index (χ2v) is 8.02. The molecule has 2 aromatic heterocycles. The minimum atomic E-state index is -0.704. The number of carbonyl (C=O) groups is 3. The van der Waals surface area contributed by atoms with Gasteiger partial charge in [0, 0.05) is 16.1 Å². The molecule has 0 spiro atoms. The molecule has 9 heteroatoms. The highest BCUT2D eigenvalue weighted by Crippen LogP contribution is 2.25. The number of fused-ring (bicyclic) bond motifs is 2. The summed E-state index contributed by atoms with van der Waals surface area (Å²) < 4.78 is 6.23. The van der Waals surface area contributed by atoms with E-state index in [-0.39, 0.29) is 30.2 Å². The van der Waals surface area contributed by atoms with Crippen LogP contribution in [0.3, 0.4) is 0 Å². The third kappa shape index (κ3) is 3.56. The first-order chi connectivity index (χ1) is 13.8. The second-order valence-electron chi connectivity index (χ2n) is 6.82. The number of carbonyl (C=O) groups excluding carboxylic acids is 3. The van der Waals surface area contributed by atoms with Crippen molar-refractivity contribution in [3.05, 3.63) is 56.4 Å². The van der Waals surface area contributed by atoms with Crippen LogP contribution in [0.4, 0.5) is 5.69 Å². The fraction of sp³-hybridized carbons (Fsp3) is 0.250. The lowest BCUT2D eigenvalue weighted by molar-refractivity contribution is -0.143. The molecule has 0 atom stereocenters. The zero-order chi connectivity index (χ0) is 20.7. The number of esters is 1. The number of ether oxygens (including phenoxy) is 1. The average molecular weight is 411 g/mol. The molecular formula is C20H17N3O5S. The molecule has 3 heterocycles. The molecule has 0 unspecified atom stereocenters. The van der Waals surface area contributed by atoms with Gasteiger partial charge in [-0.3, -0.25) is 23.7 Å². The molecule has 0 fully saturated rings. The number of nitrogens with zero attached hydrogens (tertiary/aromatic N) is 2. The van der Waals surface area contributed by atoms with Crippen molar-refractivity contribution in [2.45, 2.75) is 26.8 Å². The summed E-state index contributed by atoms with van der Waals surface area (Å²) in [4.78, 5) is 54.3. The Morgan fingerprint density at radius 2 is 2.07 bits per heavy atom. The molecule has 4 rings (SSSR count). The fourth-order valence-electron chi connectivity index (χ4n) is 3.20. The van der Waals surface area contributed by atoms with E-state index in [1.807, 2.05) is 13.8 Å². The molecule has 1 amide bonds. The van der Waals surface area contributed by atoms with Gasteiger partial charge in [-0.25, -0.2) is 4.98 Å². The lowest BCUT2D eigenvalue weighted by atomic mass is 10.1. The third-order valence-electron chi connectivity index (χ3n) is 4.87. The topological polar surface area (TPSA) is 107 Å². The smallest absolute Gasteiger partial charge is 0.326 e. The van der Waals surface area contributed by atoms with Crippen LogP contribution in [0.25, 0.3) is 10.2 Å². The molecule has 0 radical (unpaired) electrons. The number of ketones is 1. The van der Waals surface area contributed by atoms with Crippen LogP contribution in [0, 0.1) is 13.8 Å². The number of hydrogen-bond donors (Lipinski definition) is 1. The van der Waals surface area contributed by atoms with Crippen molar-refractivity contribution in [2.24, 2.45) is 0 Å². The van der Waals surface area contributed by atoms with Gasteiger partial charge in [0.15, 0.2) is 12.4 Å². The summed E-state index contributed by atoms with van der Waals surface area (Å²) in [5.74, 6) is -1.21. The summed E-state index contributed by atoms with van der Waals surface area (Å²) in [6.45, 7) is 2.99. The molecule has 148 valence electrons. The first-order valence-corrected chi connectivity index (χ1v) is 9.72. The molecule has 29 heavy (non-hydrogen) atoms. The number of anilines is 1. The zero-order valence-electron chi connectivity index (χ0n) is 15.8. The number of rotatable bonds is 5. The van der Waals surface area contributed by atoms with Gasteiger partial charge in [-0.15, -0.1) is 11.3 Å². The van der Waals surface area contributed by atoms with E-state index in [9.17, 15) is 19.2 Å². The van der Waals surface area contributed by atoms with Gasteiger partial charge in [-0.2, -0.15) is 0 Å². The van der Waals surface area contributed by atoms with Crippen LogP contribution < -0.4 is 10.9 Å². The van der Waals surface area contributed by atoms with Gasteiger partial charge in [0.05, 0.1) is 18.1 Å². The van der Waals surface area contributed by atoms with E-state index in [0.717, 1.165) is 16.0 Å². The van der Waals surface area contributed by atoms with Crippen molar-refractivity contribution in [3.8, 4) is 0 Å². The normalized spacial score (nSPS) is 12.7. The standard InChI is InChI=1S/C20H17N3O5S/c1-10-11(2)29-19-18(10)20(27)23(9-21-19)7-17(26)28-8-15(24)12-3-4-14-13(5-12)6-16(25)22-14/h3-5,9H,6-8H2,1-2H3,(H,22,25). The SMILES string of the molecule is Cc1sc2ncn(CC(=O)OCC(=O)c3ccc4c(c3)CC(=O)N4)c(=O)c2c1C. The minimum Gasteiger partial charge on any atom is -0.456 e. The van der Waals surface area contributed by atoms with E-state index >= 15 is 0 Å². The van der Waals surface area contributed by atoms with Crippen LogP contribution in [0.15, 0.2) is 29.3 Å². The second kappa shape index (κ2) is 7.25. The molecule has 0 aliphatic carbocycles. The van der Waals surface area contributed by atoms with Crippen LogP contribution >= 0.6 is 11.3 Å². The Kier molecular flexibility index (Phi) is 4.75. The van der Waals surface area contributed by atoms with Gasteiger partial charge in [0.25, 0.3) is 5.56 Å². The van der Waals surface area contributed by atoms with Crippen LogP contribution in [0.1, 0.15) is 26.4 Å². The highest BCUT2D eigenvalue weighted by atomic mass is 32.1. The van der Waals surface area contributed by atoms with E-state index in [1.165, 1.54) is 22.2 Å². The van der Waals surface area contributed by atoms with Crippen LogP contribution in [-0.4, -0.2) is 33.8 Å². The molecule has 0 saturated heterocycles. The van der Waals surface area contributed by atoms with Crippen molar-refractivity contribution >= 4 is 44.9 Å². The Morgan fingerprint density at radius 3 is 2.86 bits per heavy atom. The molecule has 1 aromatic carbocycles. The third-order valence-corrected chi connectivity index (χ3v) is 5.99. The van der Waals surface area contributed by atoms with Crippen molar-refractivity contribution in [2.75, 3.05) is 11.9 Å². The number of nitrogens with one attached hydrogen (secondary N) is 1. The average Bonchev–Trinajstić information content (AvgIpc) is 3.20. The van der Waals surface area contributed by atoms with Gasteiger partial charge in [-0.1, -0.05) is 0 Å². The summed E-state index contributed by atoms with van der Waals surface area (Å²) in [5.41, 5.74) is 2.32. The molecule has 0 saturated carbocycles. The number of Topliss-reactive ketones (excluding diaryl/α,β-unsaturated/α-hetero) is 1. The first-order valence-electron chi connectivity index (χ1n) is 8.90. The maximum Gasteiger partial charge on any atom is 0.326 e. The van der Waals surface area contributed by atoms with E-state index in [1.54, 1.807) is 18.2 Å². The first kappa shape index (κ1) is 19.0. The van der Waals surface area contributed by atoms with Crippen molar-refractivity contribution in [1.82, 2.24) is 9.55 Å². The Labute approximate surface area is 169 Å². The molecule has 0 bridgehead atoms. The number of amides is 1. The number of hydrogen-bond acceptors (Lipinski definition) is 7. The number of aryl methyl sites for hydroxylation is 2. The minimum absolute atomic E-state index is 0.122. The Bertz CT molecular complexity index is 1240. The predicted octanol–water partition coefficient (Wildman–Crippen LogP) is 2.00. The quantitative estimate of drug-likeness (QED) is 0.508. The number of thiophene rings is 1. The summed E-state index contributed by atoms with van der Waals surface area (Å²) in [6, 6.07) is 4.85. The van der Waals surface area contributed by atoms with E-state index in [2.05, 4.69) is 10.3 Å². The summed E-state index contributed by atoms with van der Waals surface area (Å²) in [7, 11) is 0. The Morgan fingerprint density at radius 1 is 1.28 bits per heavy atom. The number of benzene rings is 1. The van der Waals surface area contributed by atoms with Gasteiger partial charge in [0.2, 0.25) is 5.91 Å². The van der Waals surface area contributed by atoms with Gasteiger partial charge in [0.1, 0.15) is 11.4 Å². The molecule has 1 N–H and O–H groups in total. The van der Waals surface area contributed by atoms with Crippen molar-refractivity contribution in [1.29, 1.82) is 0 Å². The monoisotopic (exact) mass is 411 g/mol. The van der Waals surface area contributed by atoms with Crippen LogP contribution in [-0.2, 0) is 27.3 Å². The maximum atomic E-state index is 12.6. The largest absolute Gasteiger partial charge is 0.456 e. The van der Waals surface area contributed by atoms with Gasteiger partial charge < -0.3 is 10.1 Å². The van der Waals surface area contributed by atoms with E-state index < -0.39 is 12.6 Å². The molecular weight excluding hydrogens is 394 g/mol. The molecule has 8 nitrogen and oxygen atoms in total. The predicted molar refractivity (Wildman–Crippen MR) is 107 cm³/mol. The van der Waals surface area contributed by atoms with Gasteiger partial charge >= 0.3 is 5.97 Å². The van der Waals surface area contributed by atoms with E-state index in [0.29, 0.717) is 21.5 Å². The Balaban J connectivity index is 1.42. The van der Waals surface area contributed by atoms with Crippen LogP contribution in [0.5, 0.6) is 0 Å². The van der Waals surface area contributed by atoms with Crippen molar-refractivity contribution < 1.29 is 19.1 Å². The lowest BCUT2D eigenvalue weighted by Crippen LogP contribution is -2.26. The fourth-order valence-corrected chi connectivity index (χ4v) is 4.19. The van der Waals surface area contributed by atoms with E-state index in [4.69, 9.17) is 4.74 Å². The lowest BCUT2D eigenvalue weighted by Gasteiger charge is -2.07. The molecule has 3 aromatic rings. The molecule has 1 aliphatic rings. The van der Waals surface area contributed by atoms with Crippen LogP contribution in [0.2, 0.25) is 0 Å². The summed E-state index contributed by atoms with van der Waals surface area (Å²) >= 11 is 1.43. The summed E-state index contributed by atoms with van der Waals surface area (Å²) in [6.07, 6.45) is 1.53. The highest BCUT2D eigenvalue weighted by molar-refractivity contribution is 7.18. The number of aromatic nitrogens is 2.